The summed E-state index contributed by atoms with van der Waals surface area (Å²) in [4.78, 5) is 2.42. The molecular formula is C12H26N2O. The Morgan fingerprint density at radius 1 is 1.40 bits per heavy atom. The monoisotopic (exact) mass is 214 g/mol. The third-order valence-electron chi connectivity index (χ3n) is 3.38. The second kappa shape index (κ2) is 6.46. The number of hydrogen-bond acceptors (Lipinski definition) is 3. The minimum absolute atomic E-state index is 0.340. The van der Waals surface area contributed by atoms with E-state index in [1.165, 1.54) is 19.3 Å². The Morgan fingerprint density at radius 3 is 2.73 bits per heavy atom. The van der Waals surface area contributed by atoms with Crippen molar-refractivity contribution in [1.29, 1.82) is 0 Å². The van der Waals surface area contributed by atoms with E-state index >= 15 is 0 Å². The highest BCUT2D eigenvalue weighted by Crippen LogP contribution is 2.28. The van der Waals surface area contributed by atoms with Crippen LogP contribution in [0.5, 0.6) is 0 Å². The Hall–Kier alpha value is -0.120. The van der Waals surface area contributed by atoms with E-state index in [1.54, 1.807) is 0 Å². The zero-order valence-corrected chi connectivity index (χ0v) is 10.4. The van der Waals surface area contributed by atoms with Crippen molar-refractivity contribution in [3.63, 3.8) is 0 Å². The molecular weight excluding hydrogens is 188 g/mol. The van der Waals surface area contributed by atoms with Gasteiger partial charge in [0.05, 0.1) is 12.7 Å². The van der Waals surface area contributed by atoms with Crippen molar-refractivity contribution in [2.45, 2.75) is 45.3 Å². The van der Waals surface area contributed by atoms with E-state index in [0.717, 1.165) is 19.7 Å². The van der Waals surface area contributed by atoms with Crippen LogP contribution >= 0.6 is 0 Å². The van der Waals surface area contributed by atoms with Gasteiger partial charge in [-0.2, -0.15) is 0 Å². The highest BCUT2D eigenvalue weighted by molar-refractivity contribution is 4.84. The van der Waals surface area contributed by atoms with E-state index in [1.807, 2.05) is 0 Å². The summed E-state index contributed by atoms with van der Waals surface area (Å²) < 4.78 is 5.57. The van der Waals surface area contributed by atoms with E-state index in [-0.39, 0.29) is 0 Å². The average molecular weight is 214 g/mol. The van der Waals surface area contributed by atoms with Gasteiger partial charge in [-0.1, -0.05) is 6.42 Å². The Labute approximate surface area is 94.0 Å². The molecule has 2 atom stereocenters. The molecule has 1 aliphatic rings. The van der Waals surface area contributed by atoms with Crippen LogP contribution in [0.2, 0.25) is 0 Å². The topological polar surface area (TPSA) is 38.5 Å². The summed E-state index contributed by atoms with van der Waals surface area (Å²) in [7, 11) is 2.20. The lowest BCUT2D eigenvalue weighted by Crippen LogP contribution is -2.39. The summed E-state index contributed by atoms with van der Waals surface area (Å²) in [5.74, 6) is 0.703. The van der Waals surface area contributed by atoms with Crippen LogP contribution in [-0.2, 0) is 4.74 Å². The summed E-state index contributed by atoms with van der Waals surface area (Å²) in [6.07, 6.45) is 4.28. The molecule has 1 aliphatic carbocycles. The van der Waals surface area contributed by atoms with Gasteiger partial charge >= 0.3 is 0 Å². The van der Waals surface area contributed by atoms with Crippen LogP contribution in [0.15, 0.2) is 0 Å². The molecule has 3 heteroatoms. The zero-order valence-electron chi connectivity index (χ0n) is 10.4. The van der Waals surface area contributed by atoms with Gasteiger partial charge in [0.1, 0.15) is 0 Å². The molecule has 0 aromatic heterocycles. The fourth-order valence-corrected chi connectivity index (χ4v) is 2.47. The van der Waals surface area contributed by atoms with Crippen LogP contribution < -0.4 is 5.73 Å². The van der Waals surface area contributed by atoms with Gasteiger partial charge in [0.15, 0.2) is 0 Å². The van der Waals surface area contributed by atoms with Gasteiger partial charge in [-0.3, -0.25) is 0 Å². The van der Waals surface area contributed by atoms with Crippen LogP contribution in [0.4, 0.5) is 0 Å². The first-order chi connectivity index (χ1) is 7.15. The van der Waals surface area contributed by atoms with E-state index in [0.29, 0.717) is 18.1 Å². The molecule has 0 saturated heterocycles. The van der Waals surface area contributed by atoms with Crippen molar-refractivity contribution in [2.75, 3.05) is 26.7 Å². The molecule has 1 rings (SSSR count). The average Bonchev–Trinajstić information content (AvgIpc) is 2.64. The van der Waals surface area contributed by atoms with E-state index in [9.17, 15) is 0 Å². The molecule has 0 aliphatic heterocycles. The Kier molecular flexibility index (Phi) is 5.58. The first-order valence-corrected chi connectivity index (χ1v) is 6.17. The van der Waals surface area contributed by atoms with Gasteiger partial charge in [0.25, 0.3) is 0 Å². The van der Waals surface area contributed by atoms with Crippen molar-refractivity contribution in [2.24, 2.45) is 11.7 Å². The third kappa shape index (κ3) is 4.09. The highest BCUT2D eigenvalue weighted by atomic mass is 16.5. The lowest BCUT2D eigenvalue weighted by Gasteiger charge is -2.29. The normalized spacial score (nSPS) is 26.8. The zero-order chi connectivity index (χ0) is 11.3. The molecule has 0 radical (unpaired) electrons. The lowest BCUT2D eigenvalue weighted by molar-refractivity contribution is 0.0520. The second-order valence-corrected chi connectivity index (χ2v) is 4.89. The standard InChI is InChI=1S/C12H26N2O/c1-10(2)15-8-7-14(3)12-6-4-5-11(12)9-13/h10-12H,4-9,13H2,1-3H3. The van der Waals surface area contributed by atoms with Crippen molar-refractivity contribution in [3.05, 3.63) is 0 Å². The number of nitrogens with zero attached hydrogens (tertiary/aromatic N) is 1. The molecule has 0 spiro atoms. The Morgan fingerprint density at radius 2 is 2.13 bits per heavy atom. The second-order valence-electron chi connectivity index (χ2n) is 4.89. The summed E-state index contributed by atoms with van der Waals surface area (Å²) in [6, 6.07) is 0.686. The van der Waals surface area contributed by atoms with Gasteiger partial charge in [0, 0.05) is 12.6 Å². The maximum atomic E-state index is 5.78. The number of rotatable bonds is 6. The minimum atomic E-state index is 0.340. The van der Waals surface area contributed by atoms with Crippen molar-refractivity contribution < 1.29 is 4.74 Å². The summed E-state index contributed by atoms with van der Waals surface area (Å²) >= 11 is 0. The molecule has 2 N–H and O–H groups in total. The van der Waals surface area contributed by atoms with Crippen molar-refractivity contribution in [3.8, 4) is 0 Å². The minimum Gasteiger partial charge on any atom is -0.377 e. The van der Waals surface area contributed by atoms with Crippen molar-refractivity contribution >= 4 is 0 Å². The molecule has 0 aromatic rings. The predicted octanol–water partition coefficient (Wildman–Crippen LogP) is 1.47. The van der Waals surface area contributed by atoms with Gasteiger partial charge in [-0.05, 0) is 46.2 Å². The molecule has 2 unspecified atom stereocenters. The van der Waals surface area contributed by atoms with E-state index in [4.69, 9.17) is 10.5 Å². The van der Waals surface area contributed by atoms with Crippen LogP contribution in [0.1, 0.15) is 33.1 Å². The summed E-state index contributed by atoms with van der Waals surface area (Å²) in [6.45, 7) is 6.86. The smallest absolute Gasteiger partial charge is 0.0596 e. The maximum absolute atomic E-state index is 5.78. The Bertz CT molecular complexity index is 173. The molecule has 1 saturated carbocycles. The number of hydrogen-bond donors (Lipinski definition) is 1. The summed E-state index contributed by atoms with van der Waals surface area (Å²) in [5, 5.41) is 0. The quantitative estimate of drug-likeness (QED) is 0.727. The van der Waals surface area contributed by atoms with Crippen LogP contribution in [0, 0.1) is 5.92 Å². The highest BCUT2D eigenvalue weighted by Gasteiger charge is 2.28. The molecule has 0 amide bonds. The molecule has 0 aromatic carbocycles. The van der Waals surface area contributed by atoms with Gasteiger partial charge in [0.2, 0.25) is 0 Å². The fraction of sp³-hybridized carbons (Fsp3) is 1.00. The lowest BCUT2D eigenvalue weighted by atomic mass is 10.0. The molecule has 15 heavy (non-hydrogen) atoms. The maximum Gasteiger partial charge on any atom is 0.0596 e. The first-order valence-electron chi connectivity index (χ1n) is 6.17. The molecule has 1 fully saturated rings. The van der Waals surface area contributed by atoms with Crippen LogP contribution in [0.3, 0.4) is 0 Å². The molecule has 0 bridgehead atoms. The molecule has 0 heterocycles. The number of ether oxygens (including phenoxy) is 1. The largest absolute Gasteiger partial charge is 0.377 e. The van der Waals surface area contributed by atoms with Gasteiger partial charge in [-0.25, -0.2) is 0 Å². The Balaban J connectivity index is 2.23. The first kappa shape index (κ1) is 12.9. The van der Waals surface area contributed by atoms with Crippen molar-refractivity contribution in [1.82, 2.24) is 4.90 Å². The number of nitrogens with two attached hydrogens (primary N) is 1. The van der Waals surface area contributed by atoms with Crippen LogP contribution in [-0.4, -0.2) is 43.8 Å². The van der Waals surface area contributed by atoms with Gasteiger partial charge in [-0.15, -0.1) is 0 Å². The number of likely N-dealkylation sites (N-methyl/N-ethyl adjacent to an activating group) is 1. The van der Waals surface area contributed by atoms with Crippen LogP contribution in [0.25, 0.3) is 0 Å². The predicted molar refractivity (Wildman–Crippen MR) is 63.9 cm³/mol. The molecule has 3 nitrogen and oxygen atoms in total. The summed E-state index contributed by atoms with van der Waals surface area (Å²) in [5.41, 5.74) is 5.78. The van der Waals surface area contributed by atoms with E-state index in [2.05, 4.69) is 25.8 Å². The third-order valence-corrected chi connectivity index (χ3v) is 3.38. The fourth-order valence-electron chi connectivity index (χ4n) is 2.47. The molecule has 90 valence electrons. The SMILES string of the molecule is CC(C)OCCN(C)C1CCCC1CN. The van der Waals surface area contributed by atoms with Gasteiger partial charge < -0.3 is 15.4 Å². The van der Waals surface area contributed by atoms with E-state index < -0.39 is 0 Å².